The quantitative estimate of drug-likeness (QED) is 0.660. The summed E-state index contributed by atoms with van der Waals surface area (Å²) in [5.41, 5.74) is 1.85. The number of oxazole rings is 1. The van der Waals surface area contributed by atoms with Crippen LogP contribution in [0.3, 0.4) is 0 Å². The third-order valence-electron chi connectivity index (χ3n) is 4.69. The van der Waals surface area contributed by atoms with Crippen molar-refractivity contribution in [2.75, 3.05) is 11.4 Å². The third kappa shape index (κ3) is 4.18. The van der Waals surface area contributed by atoms with Crippen LogP contribution in [0.4, 0.5) is 10.1 Å². The topological polar surface area (TPSA) is 75.4 Å². The Morgan fingerprint density at radius 3 is 3.00 bits per heavy atom. The van der Waals surface area contributed by atoms with Crippen LogP contribution >= 0.6 is 22.9 Å². The molecule has 150 valence electrons. The molecule has 3 aromatic rings. The maximum Gasteiger partial charge on any atom is 0.229 e. The van der Waals surface area contributed by atoms with Gasteiger partial charge in [-0.15, -0.1) is 0 Å². The molecule has 1 aliphatic rings. The fourth-order valence-corrected chi connectivity index (χ4v) is 3.99. The van der Waals surface area contributed by atoms with Crippen molar-refractivity contribution in [2.45, 2.75) is 25.8 Å². The van der Waals surface area contributed by atoms with Crippen molar-refractivity contribution in [3.05, 3.63) is 57.3 Å². The van der Waals surface area contributed by atoms with Crippen molar-refractivity contribution in [2.24, 2.45) is 0 Å². The zero-order valence-corrected chi connectivity index (χ0v) is 17.0. The van der Waals surface area contributed by atoms with Gasteiger partial charge in [0.15, 0.2) is 0 Å². The van der Waals surface area contributed by atoms with Crippen LogP contribution in [0.2, 0.25) is 5.02 Å². The molecular weight excluding hydrogens is 417 g/mol. The number of carbonyl (C=O) groups excluding carboxylic acids is 2. The molecule has 3 heterocycles. The monoisotopic (exact) mass is 433 g/mol. The van der Waals surface area contributed by atoms with Gasteiger partial charge < -0.3 is 14.6 Å². The lowest BCUT2D eigenvalue weighted by Crippen LogP contribution is -2.38. The van der Waals surface area contributed by atoms with Crippen LogP contribution in [-0.4, -0.2) is 29.4 Å². The van der Waals surface area contributed by atoms with E-state index in [-0.39, 0.29) is 42.3 Å². The van der Waals surface area contributed by atoms with Gasteiger partial charge in [-0.25, -0.2) is 9.37 Å². The molecule has 1 atom stereocenters. The van der Waals surface area contributed by atoms with Gasteiger partial charge in [0.05, 0.1) is 23.2 Å². The van der Waals surface area contributed by atoms with Crippen LogP contribution in [0, 0.1) is 12.7 Å². The van der Waals surface area contributed by atoms with E-state index in [0.29, 0.717) is 23.0 Å². The molecule has 1 saturated heterocycles. The Balaban J connectivity index is 1.39. The molecule has 29 heavy (non-hydrogen) atoms. The van der Waals surface area contributed by atoms with Gasteiger partial charge in [-0.3, -0.25) is 9.59 Å². The van der Waals surface area contributed by atoms with Gasteiger partial charge in [0.2, 0.25) is 17.7 Å². The van der Waals surface area contributed by atoms with Crippen LogP contribution in [0.25, 0.3) is 11.5 Å². The Morgan fingerprint density at radius 2 is 2.28 bits per heavy atom. The zero-order chi connectivity index (χ0) is 20.5. The first-order valence-electron chi connectivity index (χ1n) is 8.94. The predicted octanol–water partition coefficient (Wildman–Crippen LogP) is 3.97. The van der Waals surface area contributed by atoms with Gasteiger partial charge in [0.25, 0.3) is 0 Å². The molecule has 2 aromatic heterocycles. The van der Waals surface area contributed by atoms with E-state index in [4.69, 9.17) is 16.0 Å². The van der Waals surface area contributed by atoms with E-state index in [0.717, 1.165) is 5.56 Å². The minimum absolute atomic E-state index is 0.00458. The molecule has 0 bridgehead atoms. The molecule has 0 radical (unpaired) electrons. The zero-order valence-electron chi connectivity index (χ0n) is 15.4. The number of nitrogens with zero attached hydrogens (tertiary/aromatic N) is 2. The van der Waals surface area contributed by atoms with Crippen molar-refractivity contribution in [1.82, 2.24) is 10.3 Å². The predicted molar refractivity (Wildman–Crippen MR) is 109 cm³/mol. The fraction of sp³-hybridized carbons (Fsp3) is 0.250. The highest BCUT2D eigenvalue weighted by Crippen LogP contribution is 2.26. The molecule has 1 N–H and O–H groups in total. The number of benzene rings is 1. The minimum atomic E-state index is -0.590. The van der Waals surface area contributed by atoms with Crippen molar-refractivity contribution < 1.29 is 18.4 Å². The van der Waals surface area contributed by atoms with Gasteiger partial charge >= 0.3 is 0 Å². The lowest BCUT2D eigenvalue weighted by Gasteiger charge is -2.17. The highest BCUT2D eigenvalue weighted by molar-refractivity contribution is 7.08. The lowest BCUT2D eigenvalue weighted by atomic mass is 10.2. The Morgan fingerprint density at radius 1 is 1.45 bits per heavy atom. The number of carbonyl (C=O) groups is 2. The van der Waals surface area contributed by atoms with Crippen LogP contribution in [0.1, 0.15) is 17.9 Å². The second kappa shape index (κ2) is 7.96. The summed E-state index contributed by atoms with van der Waals surface area (Å²) in [5.74, 6) is 0.0441. The summed E-state index contributed by atoms with van der Waals surface area (Å²) in [4.78, 5) is 30.6. The Labute approximate surface area is 175 Å². The van der Waals surface area contributed by atoms with Crippen LogP contribution < -0.4 is 10.2 Å². The number of hydrogen-bond donors (Lipinski definition) is 1. The molecule has 0 aliphatic carbocycles. The smallest absolute Gasteiger partial charge is 0.229 e. The summed E-state index contributed by atoms with van der Waals surface area (Å²) in [5, 5.41) is 6.70. The molecule has 0 saturated carbocycles. The lowest BCUT2D eigenvalue weighted by molar-refractivity contribution is -0.121. The Bertz CT molecular complexity index is 1070. The third-order valence-corrected chi connectivity index (χ3v) is 5.68. The number of rotatable bonds is 5. The number of nitrogens with one attached hydrogen (secondary N) is 1. The van der Waals surface area contributed by atoms with Crippen molar-refractivity contribution in [1.29, 1.82) is 0 Å². The summed E-state index contributed by atoms with van der Waals surface area (Å²) in [6, 6.07) is 5.74. The first-order valence-corrected chi connectivity index (χ1v) is 10.3. The fourth-order valence-electron chi connectivity index (χ4n) is 3.24. The first kappa shape index (κ1) is 19.6. The number of aromatic nitrogens is 1. The first-order chi connectivity index (χ1) is 13.9. The van der Waals surface area contributed by atoms with Crippen LogP contribution in [0.5, 0.6) is 0 Å². The van der Waals surface area contributed by atoms with Crippen molar-refractivity contribution >= 4 is 40.4 Å². The van der Waals surface area contributed by atoms with E-state index in [1.54, 1.807) is 13.0 Å². The highest BCUT2D eigenvalue weighted by Gasteiger charge is 2.32. The van der Waals surface area contributed by atoms with E-state index >= 15 is 0 Å². The van der Waals surface area contributed by atoms with Gasteiger partial charge in [0, 0.05) is 29.6 Å². The Hall–Kier alpha value is -2.71. The molecule has 1 aromatic carbocycles. The standard InChI is InChI=1S/C20H17ClFN3O3S/c1-11-17(24-20(28-11)12-4-5-29-10-12)8-18(26)23-13-6-19(27)25(9-13)14-2-3-15(21)16(22)7-14/h2-5,7,10,13H,6,8-9H2,1H3,(H,23,26). The van der Waals surface area contributed by atoms with E-state index in [1.807, 2.05) is 16.8 Å². The molecule has 1 aliphatic heterocycles. The average molecular weight is 434 g/mol. The second-order valence-electron chi connectivity index (χ2n) is 6.78. The Kier molecular flexibility index (Phi) is 5.38. The van der Waals surface area contributed by atoms with E-state index in [1.165, 1.54) is 28.4 Å². The van der Waals surface area contributed by atoms with Gasteiger partial charge in [-0.2, -0.15) is 11.3 Å². The molecular formula is C20H17ClFN3O3S. The SMILES string of the molecule is Cc1oc(-c2ccsc2)nc1CC(=O)NC1CC(=O)N(c2ccc(Cl)c(F)c2)C1. The second-order valence-corrected chi connectivity index (χ2v) is 7.97. The van der Waals surface area contributed by atoms with E-state index in [9.17, 15) is 14.0 Å². The normalized spacial score (nSPS) is 16.4. The molecule has 6 nitrogen and oxygen atoms in total. The number of amides is 2. The maximum absolute atomic E-state index is 13.7. The summed E-state index contributed by atoms with van der Waals surface area (Å²) < 4.78 is 19.3. The molecule has 0 spiro atoms. The largest absolute Gasteiger partial charge is 0.441 e. The van der Waals surface area contributed by atoms with Gasteiger partial charge in [0.1, 0.15) is 11.6 Å². The molecule has 1 fully saturated rings. The summed E-state index contributed by atoms with van der Waals surface area (Å²) in [7, 11) is 0. The van der Waals surface area contributed by atoms with Gasteiger partial charge in [-0.05, 0) is 36.6 Å². The summed E-state index contributed by atoms with van der Waals surface area (Å²) in [6.07, 6.45) is 0.202. The minimum Gasteiger partial charge on any atom is -0.441 e. The number of aryl methyl sites for hydroxylation is 1. The molecule has 9 heteroatoms. The maximum atomic E-state index is 13.7. The average Bonchev–Trinajstić information content (AvgIpc) is 3.39. The summed E-state index contributed by atoms with van der Waals surface area (Å²) >= 11 is 7.24. The number of halogens is 2. The number of thiophene rings is 1. The van der Waals surface area contributed by atoms with Crippen LogP contribution in [0.15, 0.2) is 39.4 Å². The number of anilines is 1. The van der Waals surface area contributed by atoms with E-state index < -0.39 is 5.82 Å². The molecule has 4 rings (SSSR count). The number of hydrogen-bond acceptors (Lipinski definition) is 5. The molecule has 2 amide bonds. The summed E-state index contributed by atoms with van der Waals surface area (Å²) in [6.45, 7) is 2.03. The van der Waals surface area contributed by atoms with Crippen molar-refractivity contribution in [3.8, 4) is 11.5 Å². The molecule has 1 unspecified atom stereocenters. The van der Waals surface area contributed by atoms with Gasteiger partial charge in [-0.1, -0.05) is 11.6 Å². The van der Waals surface area contributed by atoms with Crippen LogP contribution in [-0.2, 0) is 16.0 Å². The highest BCUT2D eigenvalue weighted by atomic mass is 35.5. The van der Waals surface area contributed by atoms with E-state index in [2.05, 4.69) is 10.3 Å². The van der Waals surface area contributed by atoms with Crippen molar-refractivity contribution in [3.63, 3.8) is 0 Å².